The molecule has 0 aromatic carbocycles. The molecule has 0 aromatic heterocycles. The molecule has 1 saturated carbocycles. The standard InChI is InChI=1S/C15H31N3O/c1-15(2)8-6-13(7-9-15)18(4)12-14(19)17(3)11-5-10-16/h13H,5-12,16H2,1-4H3. The number of carbonyl (C=O) groups excluding carboxylic acids is 1. The van der Waals surface area contributed by atoms with Crippen molar-refractivity contribution >= 4 is 5.91 Å². The number of hydrogen-bond donors (Lipinski definition) is 1. The summed E-state index contributed by atoms with van der Waals surface area (Å²) in [4.78, 5) is 16.1. The predicted molar refractivity (Wildman–Crippen MR) is 80.0 cm³/mol. The van der Waals surface area contributed by atoms with Gasteiger partial charge in [0.15, 0.2) is 0 Å². The first-order valence-electron chi connectivity index (χ1n) is 7.50. The molecule has 0 aromatic rings. The fourth-order valence-corrected chi connectivity index (χ4v) is 2.74. The maximum absolute atomic E-state index is 12.1. The lowest BCUT2D eigenvalue weighted by Crippen LogP contribution is -2.43. The highest BCUT2D eigenvalue weighted by Gasteiger charge is 2.29. The highest BCUT2D eigenvalue weighted by molar-refractivity contribution is 5.77. The van der Waals surface area contributed by atoms with Crippen molar-refractivity contribution in [2.24, 2.45) is 11.1 Å². The van der Waals surface area contributed by atoms with Gasteiger partial charge in [-0.15, -0.1) is 0 Å². The van der Waals surface area contributed by atoms with Gasteiger partial charge in [0.2, 0.25) is 5.91 Å². The van der Waals surface area contributed by atoms with Gasteiger partial charge in [-0.3, -0.25) is 9.69 Å². The van der Waals surface area contributed by atoms with Gasteiger partial charge in [-0.1, -0.05) is 13.8 Å². The van der Waals surface area contributed by atoms with Crippen LogP contribution >= 0.6 is 0 Å². The van der Waals surface area contributed by atoms with E-state index in [9.17, 15) is 4.79 Å². The first-order chi connectivity index (χ1) is 8.85. The van der Waals surface area contributed by atoms with E-state index in [-0.39, 0.29) is 5.91 Å². The fraction of sp³-hybridized carbons (Fsp3) is 0.933. The van der Waals surface area contributed by atoms with Gasteiger partial charge in [0, 0.05) is 19.6 Å². The van der Waals surface area contributed by atoms with Crippen LogP contribution in [-0.4, -0.2) is 55.5 Å². The van der Waals surface area contributed by atoms with Crippen LogP contribution in [0.25, 0.3) is 0 Å². The molecule has 1 fully saturated rings. The van der Waals surface area contributed by atoms with Crippen LogP contribution in [0.5, 0.6) is 0 Å². The lowest BCUT2D eigenvalue weighted by molar-refractivity contribution is -0.131. The van der Waals surface area contributed by atoms with Crippen LogP contribution in [0.3, 0.4) is 0 Å². The molecule has 0 aliphatic heterocycles. The van der Waals surface area contributed by atoms with Crippen LogP contribution in [0.15, 0.2) is 0 Å². The molecule has 4 heteroatoms. The number of hydrogen-bond acceptors (Lipinski definition) is 3. The third-order valence-electron chi connectivity index (χ3n) is 4.44. The monoisotopic (exact) mass is 269 g/mol. The fourth-order valence-electron chi connectivity index (χ4n) is 2.74. The minimum Gasteiger partial charge on any atom is -0.345 e. The molecular formula is C15H31N3O. The Bertz CT molecular complexity index is 281. The molecular weight excluding hydrogens is 238 g/mol. The summed E-state index contributed by atoms with van der Waals surface area (Å²) in [5.74, 6) is 0.209. The van der Waals surface area contributed by atoms with Crippen molar-refractivity contribution in [1.82, 2.24) is 9.80 Å². The zero-order valence-corrected chi connectivity index (χ0v) is 13.1. The van der Waals surface area contributed by atoms with Crippen LogP contribution in [0.4, 0.5) is 0 Å². The normalized spacial score (nSPS) is 19.7. The summed E-state index contributed by atoms with van der Waals surface area (Å²) >= 11 is 0. The van der Waals surface area contributed by atoms with Gasteiger partial charge in [-0.25, -0.2) is 0 Å². The maximum atomic E-state index is 12.1. The highest BCUT2D eigenvalue weighted by atomic mass is 16.2. The Morgan fingerprint density at radius 2 is 1.84 bits per heavy atom. The Kier molecular flexibility index (Phi) is 6.27. The van der Waals surface area contributed by atoms with E-state index in [1.807, 2.05) is 7.05 Å². The number of rotatable bonds is 6. The van der Waals surface area contributed by atoms with E-state index in [4.69, 9.17) is 5.73 Å². The summed E-state index contributed by atoms with van der Waals surface area (Å²) in [5, 5.41) is 0. The SMILES string of the molecule is CN(CCCN)C(=O)CN(C)C1CCC(C)(C)CC1. The van der Waals surface area contributed by atoms with Gasteiger partial charge < -0.3 is 10.6 Å². The van der Waals surface area contributed by atoms with Crippen LogP contribution in [0.1, 0.15) is 46.0 Å². The Morgan fingerprint density at radius 1 is 1.26 bits per heavy atom. The summed E-state index contributed by atoms with van der Waals surface area (Å²) < 4.78 is 0. The Balaban J connectivity index is 2.34. The van der Waals surface area contributed by atoms with Gasteiger partial charge in [-0.05, 0) is 51.1 Å². The van der Waals surface area contributed by atoms with Gasteiger partial charge in [0.05, 0.1) is 6.54 Å². The molecule has 2 N–H and O–H groups in total. The molecule has 1 amide bonds. The van der Waals surface area contributed by atoms with Crippen LogP contribution in [-0.2, 0) is 4.79 Å². The molecule has 0 heterocycles. The zero-order chi connectivity index (χ0) is 14.5. The van der Waals surface area contributed by atoms with Crippen molar-refractivity contribution in [3.8, 4) is 0 Å². The Morgan fingerprint density at radius 3 is 2.37 bits per heavy atom. The molecule has 0 bridgehead atoms. The molecule has 4 nitrogen and oxygen atoms in total. The second kappa shape index (κ2) is 7.25. The second-order valence-electron chi connectivity index (χ2n) is 6.77. The first-order valence-corrected chi connectivity index (χ1v) is 7.50. The molecule has 0 unspecified atom stereocenters. The largest absolute Gasteiger partial charge is 0.345 e. The molecule has 0 spiro atoms. The number of nitrogens with two attached hydrogens (primary N) is 1. The van der Waals surface area contributed by atoms with Gasteiger partial charge in [-0.2, -0.15) is 0 Å². The molecule has 0 atom stereocenters. The van der Waals surface area contributed by atoms with E-state index in [2.05, 4.69) is 25.8 Å². The minimum absolute atomic E-state index is 0.209. The van der Waals surface area contributed by atoms with Gasteiger partial charge >= 0.3 is 0 Å². The van der Waals surface area contributed by atoms with Crippen LogP contribution in [0.2, 0.25) is 0 Å². The quantitative estimate of drug-likeness (QED) is 0.798. The summed E-state index contributed by atoms with van der Waals surface area (Å²) in [6.45, 7) is 6.63. The molecule has 0 saturated heterocycles. The summed E-state index contributed by atoms with van der Waals surface area (Å²) in [6.07, 6.45) is 5.83. The Labute approximate surface area is 118 Å². The van der Waals surface area contributed by atoms with Crippen molar-refractivity contribution < 1.29 is 4.79 Å². The lowest BCUT2D eigenvalue weighted by Gasteiger charge is -2.38. The molecule has 0 radical (unpaired) electrons. The number of nitrogens with zero attached hydrogens (tertiary/aromatic N) is 2. The van der Waals surface area contributed by atoms with Gasteiger partial charge in [0.25, 0.3) is 0 Å². The van der Waals surface area contributed by atoms with Gasteiger partial charge in [0.1, 0.15) is 0 Å². The van der Waals surface area contributed by atoms with E-state index in [1.165, 1.54) is 25.7 Å². The van der Waals surface area contributed by atoms with Crippen molar-refractivity contribution in [2.45, 2.75) is 52.0 Å². The summed E-state index contributed by atoms with van der Waals surface area (Å²) in [6, 6.07) is 0.569. The van der Waals surface area contributed by atoms with Crippen molar-refractivity contribution in [3.05, 3.63) is 0 Å². The lowest BCUT2D eigenvalue weighted by atomic mass is 9.75. The van der Waals surface area contributed by atoms with Crippen LogP contribution in [0, 0.1) is 5.41 Å². The summed E-state index contributed by atoms with van der Waals surface area (Å²) in [5.41, 5.74) is 5.96. The van der Waals surface area contributed by atoms with Crippen molar-refractivity contribution in [3.63, 3.8) is 0 Å². The van der Waals surface area contributed by atoms with E-state index >= 15 is 0 Å². The number of likely N-dealkylation sites (N-methyl/N-ethyl adjacent to an activating group) is 2. The average Bonchev–Trinajstić information content (AvgIpc) is 2.35. The van der Waals surface area contributed by atoms with Crippen molar-refractivity contribution in [1.29, 1.82) is 0 Å². The minimum atomic E-state index is 0.209. The number of carbonyl (C=O) groups is 1. The average molecular weight is 269 g/mol. The van der Waals surface area contributed by atoms with E-state index in [0.717, 1.165) is 13.0 Å². The smallest absolute Gasteiger partial charge is 0.236 e. The number of amides is 1. The maximum Gasteiger partial charge on any atom is 0.236 e. The zero-order valence-electron chi connectivity index (χ0n) is 13.1. The van der Waals surface area contributed by atoms with E-state index < -0.39 is 0 Å². The third kappa shape index (κ3) is 5.49. The Hall–Kier alpha value is -0.610. The molecule has 1 rings (SSSR count). The van der Waals surface area contributed by atoms with Crippen molar-refractivity contribution in [2.75, 3.05) is 33.7 Å². The second-order valence-corrected chi connectivity index (χ2v) is 6.77. The first kappa shape index (κ1) is 16.4. The van der Waals surface area contributed by atoms with Crippen LogP contribution < -0.4 is 5.73 Å². The topological polar surface area (TPSA) is 49.6 Å². The molecule has 112 valence electrons. The molecule has 1 aliphatic carbocycles. The summed E-state index contributed by atoms with van der Waals surface area (Å²) in [7, 11) is 3.95. The predicted octanol–water partition coefficient (Wildman–Crippen LogP) is 1.69. The highest BCUT2D eigenvalue weighted by Crippen LogP contribution is 2.36. The molecule has 19 heavy (non-hydrogen) atoms. The molecule has 1 aliphatic rings. The van der Waals surface area contributed by atoms with E-state index in [1.54, 1.807) is 4.90 Å². The van der Waals surface area contributed by atoms with E-state index in [0.29, 0.717) is 24.5 Å². The third-order valence-corrected chi connectivity index (χ3v) is 4.44.